The molecule has 2 nitrogen and oxygen atoms in total. The van der Waals surface area contributed by atoms with Gasteiger partial charge in [-0.2, -0.15) is 0 Å². The minimum atomic E-state index is -0.934. The predicted molar refractivity (Wildman–Crippen MR) is 67.9 cm³/mol. The maximum absolute atomic E-state index is 12.4. The molecule has 1 aromatic carbocycles. The Hall–Kier alpha value is -0.670. The van der Waals surface area contributed by atoms with Crippen LogP contribution in [-0.4, -0.2) is 15.5 Å². The summed E-state index contributed by atoms with van der Waals surface area (Å²) in [5.74, 6) is 0. The summed E-state index contributed by atoms with van der Waals surface area (Å²) in [5.41, 5.74) is 8.34. The Bertz CT molecular complexity index is 416. The summed E-state index contributed by atoms with van der Waals surface area (Å²) in [7, 11) is -0.934. The number of aryl methyl sites for hydroxylation is 2. The molecule has 0 bridgehead atoms. The maximum atomic E-state index is 12.4. The molecule has 0 spiro atoms. The molecule has 3 unspecified atom stereocenters. The van der Waals surface area contributed by atoms with E-state index in [0.717, 1.165) is 29.7 Å². The number of benzene rings is 1. The summed E-state index contributed by atoms with van der Waals surface area (Å²) in [6, 6.07) is 6.22. The highest BCUT2D eigenvalue weighted by molar-refractivity contribution is 7.85. The summed E-state index contributed by atoms with van der Waals surface area (Å²) in [6.07, 6.45) is 3.13. The highest BCUT2D eigenvalue weighted by atomic mass is 32.2. The van der Waals surface area contributed by atoms with E-state index in [1.54, 1.807) is 0 Å². The first kappa shape index (κ1) is 11.8. The van der Waals surface area contributed by atoms with Crippen molar-refractivity contribution in [3.63, 3.8) is 0 Å². The van der Waals surface area contributed by atoms with E-state index in [1.807, 2.05) is 19.1 Å². The number of hydrogen-bond acceptors (Lipinski definition) is 2. The van der Waals surface area contributed by atoms with Crippen LogP contribution in [0.15, 0.2) is 23.1 Å². The van der Waals surface area contributed by atoms with Crippen LogP contribution in [0.5, 0.6) is 0 Å². The van der Waals surface area contributed by atoms with Crippen LogP contribution in [-0.2, 0) is 10.8 Å². The van der Waals surface area contributed by atoms with Crippen molar-refractivity contribution >= 4 is 10.8 Å². The van der Waals surface area contributed by atoms with Crippen LogP contribution in [0.4, 0.5) is 0 Å². The molecular formula is C13H19NOS. The Morgan fingerprint density at radius 1 is 1.31 bits per heavy atom. The maximum Gasteiger partial charge on any atom is 0.0579 e. The molecule has 0 heterocycles. The average Bonchev–Trinajstić information content (AvgIpc) is 2.63. The second-order valence-corrected chi connectivity index (χ2v) is 6.34. The summed E-state index contributed by atoms with van der Waals surface area (Å²) in [6.45, 7) is 4.09. The molecule has 0 radical (unpaired) electrons. The lowest BCUT2D eigenvalue weighted by atomic mass is 10.2. The first-order valence-electron chi connectivity index (χ1n) is 5.83. The van der Waals surface area contributed by atoms with Gasteiger partial charge in [-0.3, -0.25) is 4.21 Å². The van der Waals surface area contributed by atoms with Gasteiger partial charge in [-0.05, 0) is 38.3 Å². The number of hydrogen-bond donors (Lipinski definition) is 1. The van der Waals surface area contributed by atoms with Gasteiger partial charge in [-0.25, -0.2) is 0 Å². The molecule has 3 heteroatoms. The fraction of sp³-hybridized carbons (Fsp3) is 0.538. The first-order chi connectivity index (χ1) is 7.59. The predicted octanol–water partition coefficient (Wildman–Crippen LogP) is 2.29. The highest BCUT2D eigenvalue weighted by Crippen LogP contribution is 2.27. The van der Waals surface area contributed by atoms with Gasteiger partial charge in [0.25, 0.3) is 0 Å². The molecule has 1 aromatic rings. The second-order valence-electron chi connectivity index (χ2n) is 4.70. The average molecular weight is 237 g/mol. The zero-order valence-electron chi connectivity index (χ0n) is 9.90. The zero-order valence-corrected chi connectivity index (χ0v) is 10.7. The van der Waals surface area contributed by atoms with Crippen molar-refractivity contribution in [1.82, 2.24) is 0 Å². The second kappa shape index (κ2) is 4.68. The van der Waals surface area contributed by atoms with Gasteiger partial charge in [-0.15, -0.1) is 0 Å². The van der Waals surface area contributed by atoms with E-state index < -0.39 is 10.8 Å². The minimum Gasteiger partial charge on any atom is -0.327 e. The third-order valence-electron chi connectivity index (χ3n) is 3.33. The summed E-state index contributed by atoms with van der Waals surface area (Å²) in [4.78, 5) is 0.966. The molecule has 16 heavy (non-hydrogen) atoms. The topological polar surface area (TPSA) is 43.1 Å². The van der Waals surface area contributed by atoms with E-state index in [9.17, 15) is 4.21 Å². The van der Waals surface area contributed by atoms with Crippen molar-refractivity contribution in [3.05, 3.63) is 29.3 Å². The molecule has 1 aliphatic rings. The van der Waals surface area contributed by atoms with Crippen molar-refractivity contribution in [2.45, 2.75) is 49.3 Å². The zero-order chi connectivity index (χ0) is 11.7. The van der Waals surface area contributed by atoms with Crippen LogP contribution in [0.1, 0.15) is 30.4 Å². The molecular weight excluding hydrogens is 218 g/mol. The normalized spacial score (nSPS) is 26.9. The van der Waals surface area contributed by atoms with E-state index >= 15 is 0 Å². The smallest absolute Gasteiger partial charge is 0.0579 e. The molecule has 88 valence electrons. The number of nitrogens with two attached hydrogens (primary N) is 1. The molecule has 1 fully saturated rings. The van der Waals surface area contributed by atoms with Gasteiger partial charge in [0.05, 0.1) is 16.0 Å². The Labute approximate surface area is 99.7 Å². The van der Waals surface area contributed by atoms with Crippen molar-refractivity contribution < 1.29 is 4.21 Å². The van der Waals surface area contributed by atoms with Crippen LogP contribution >= 0.6 is 0 Å². The monoisotopic (exact) mass is 237 g/mol. The van der Waals surface area contributed by atoms with Gasteiger partial charge < -0.3 is 5.73 Å². The van der Waals surface area contributed by atoms with E-state index in [-0.39, 0.29) is 11.3 Å². The lowest BCUT2D eigenvalue weighted by molar-refractivity contribution is 0.648. The van der Waals surface area contributed by atoms with E-state index in [4.69, 9.17) is 5.73 Å². The quantitative estimate of drug-likeness (QED) is 0.857. The van der Waals surface area contributed by atoms with Crippen molar-refractivity contribution in [2.75, 3.05) is 0 Å². The lowest BCUT2D eigenvalue weighted by Gasteiger charge is -2.16. The Kier molecular flexibility index (Phi) is 3.45. The lowest BCUT2D eigenvalue weighted by Crippen LogP contribution is -2.32. The standard InChI is InChI=1S/C13H19NOS/c1-9-6-7-12(10(2)8-9)16(15)13-5-3-4-11(13)14/h6-8,11,13H,3-5,14H2,1-2H3. The van der Waals surface area contributed by atoms with Crippen molar-refractivity contribution in [2.24, 2.45) is 5.73 Å². The first-order valence-corrected chi connectivity index (χ1v) is 7.04. The Morgan fingerprint density at radius 2 is 2.06 bits per heavy atom. The third-order valence-corrected chi connectivity index (χ3v) is 5.35. The fourth-order valence-corrected chi connectivity index (χ4v) is 4.15. The van der Waals surface area contributed by atoms with Gasteiger partial charge in [0.2, 0.25) is 0 Å². The Balaban J connectivity index is 2.27. The highest BCUT2D eigenvalue weighted by Gasteiger charge is 2.30. The fourth-order valence-electron chi connectivity index (χ4n) is 2.41. The molecule has 1 aliphatic carbocycles. The molecule has 0 aliphatic heterocycles. The molecule has 3 atom stereocenters. The molecule has 1 saturated carbocycles. The van der Waals surface area contributed by atoms with Crippen LogP contribution in [0.25, 0.3) is 0 Å². The van der Waals surface area contributed by atoms with E-state index in [2.05, 4.69) is 13.0 Å². The number of rotatable bonds is 2. The third kappa shape index (κ3) is 2.20. The summed E-state index contributed by atoms with van der Waals surface area (Å²) >= 11 is 0. The molecule has 0 amide bonds. The van der Waals surface area contributed by atoms with Gasteiger partial charge in [-0.1, -0.05) is 24.1 Å². The minimum absolute atomic E-state index is 0.113. The van der Waals surface area contributed by atoms with Crippen molar-refractivity contribution in [3.8, 4) is 0 Å². The molecule has 2 N–H and O–H groups in total. The molecule has 0 aromatic heterocycles. The summed E-state index contributed by atoms with van der Waals surface area (Å²) < 4.78 is 12.4. The van der Waals surface area contributed by atoms with E-state index in [1.165, 1.54) is 5.56 Å². The van der Waals surface area contributed by atoms with Gasteiger partial charge in [0, 0.05) is 10.9 Å². The molecule has 0 saturated heterocycles. The van der Waals surface area contributed by atoms with Crippen LogP contribution < -0.4 is 5.73 Å². The van der Waals surface area contributed by atoms with E-state index in [0.29, 0.717) is 0 Å². The van der Waals surface area contributed by atoms with Crippen molar-refractivity contribution in [1.29, 1.82) is 0 Å². The van der Waals surface area contributed by atoms with Crippen LogP contribution in [0, 0.1) is 13.8 Å². The Morgan fingerprint density at radius 3 is 2.62 bits per heavy atom. The largest absolute Gasteiger partial charge is 0.327 e. The van der Waals surface area contributed by atoms with Crippen LogP contribution in [0.3, 0.4) is 0 Å². The van der Waals surface area contributed by atoms with Crippen LogP contribution in [0.2, 0.25) is 0 Å². The summed E-state index contributed by atoms with van der Waals surface area (Å²) in [5, 5.41) is 0.154. The van der Waals surface area contributed by atoms with Gasteiger partial charge >= 0.3 is 0 Å². The molecule has 2 rings (SSSR count). The van der Waals surface area contributed by atoms with Gasteiger partial charge in [0.15, 0.2) is 0 Å². The SMILES string of the molecule is Cc1ccc(S(=O)C2CCCC2N)c(C)c1. The van der Waals surface area contributed by atoms with Gasteiger partial charge in [0.1, 0.15) is 0 Å².